The van der Waals surface area contributed by atoms with Crippen molar-refractivity contribution in [2.24, 2.45) is 5.10 Å². The maximum absolute atomic E-state index is 12.5. The van der Waals surface area contributed by atoms with Crippen LogP contribution in [0, 0.1) is 0 Å². The summed E-state index contributed by atoms with van der Waals surface area (Å²) in [4.78, 5) is 24.7. The molecule has 35 heavy (non-hydrogen) atoms. The van der Waals surface area contributed by atoms with E-state index in [2.05, 4.69) is 10.5 Å². The first-order chi connectivity index (χ1) is 17.2. The number of hydrogen-bond acceptors (Lipinski definition) is 8. The summed E-state index contributed by atoms with van der Waals surface area (Å²) in [5.41, 5.74) is 4.23. The minimum atomic E-state index is -0.707. The van der Waals surface area contributed by atoms with Gasteiger partial charge in [0.2, 0.25) is 11.5 Å². The fourth-order valence-electron chi connectivity index (χ4n) is 3.31. The predicted molar refractivity (Wildman–Crippen MR) is 129 cm³/mol. The Hall–Kier alpha value is -5.11. The van der Waals surface area contributed by atoms with Crippen LogP contribution < -0.4 is 14.9 Å². The number of anilines is 1. The van der Waals surface area contributed by atoms with E-state index >= 15 is 0 Å². The van der Waals surface area contributed by atoms with Gasteiger partial charge in [-0.15, -0.1) is 0 Å². The van der Waals surface area contributed by atoms with Crippen LogP contribution in [0.5, 0.6) is 11.5 Å². The molecule has 172 valence electrons. The number of benzene rings is 3. The molecule has 8 heteroatoms. The molecule has 0 atom stereocenters. The zero-order valence-corrected chi connectivity index (χ0v) is 18.2. The molecule has 5 rings (SSSR count). The van der Waals surface area contributed by atoms with Crippen LogP contribution in [0.3, 0.4) is 0 Å². The van der Waals surface area contributed by atoms with Crippen LogP contribution in [0.4, 0.5) is 5.69 Å². The van der Waals surface area contributed by atoms with Crippen molar-refractivity contribution in [1.82, 2.24) is 0 Å². The van der Waals surface area contributed by atoms with Gasteiger partial charge in [-0.1, -0.05) is 30.3 Å². The molecule has 0 aliphatic heterocycles. The third kappa shape index (κ3) is 5.12. The first-order valence-corrected chi connectivity index (χ1v) is 10.6. The minimum absolute atomic E-state index is 0.0279. The number of fused-ring (bicyclic) bond motifs is 1. The Morgan fingerprint density at radius 2 is 1.46 bits per heavy atom. The van der Waals surface area contributed by atoms with Gasteiger partial charge in [0.25, 0.3) is 0 Å². The Bertz CT molecular complexity index is 1500. The van der Waals surface area contributed by atoms with E-state index < -0.39 is 11.9 Å². The van der Waals surface area contributed by atoms with E-state index in [4.69, 9.17) is 18.3 Å². The van der Waals surface area contributed by atoms with E-state index in [-0.39, 0.29) is 23.0 Å². The number of carbonyl (C=O) groups is 2. The highest BCUT2D eigenvalue weighted by atomic mass is 16.6. The standard InChI is InChI=1S/C27H18N2O6/c30-26(23-7-3-13-32-23)34-22-12-10-20(25(16-22)35-27(31)24-8-4-14-33-24)17-28-29-21-11-9-18-5-1-2-6-19(18)15-21/h1-17,29H. The second-order valence-corrected chi connectivity index (χ2v) is 7.37. The van der Waals surface area contributed by atoms with Gasteiger partial charge in [-0.25, -0.2) is 9.59 Å². The number of furan rings is 2. The molecule has 0 fully saturated rings. The highest BCUT2D eigenvalue weighted by Gasteiger charge is 2.17. The summed E-state index contributed by atoms with van der Waals surface area (Å²) < 4.78 is 21.0. The number of hydrogen-bond donors (Lipinski definition) is 1. The van der Waals surface area contributed by atoms with Crippen LogP contribution in [0.1, 0.15) is 26.7 Å². The van der Waals surface area contributed by atoms with Crippen molar-refractivity contribution in [2.75, 3.05) is 5.43 Å². The number of carbonyl (C=O) groups excluding carboxylic acids is 2. The average molecular weight is 466 g/mol. The third-order valence-corrected chi connectivity index (χ3v) is 4.99. The highest BCUT2D eigenvalue weighted by molar-refractivity contribution is 5.92. The van der Waals surface area contributed by atoms with Gasteiger partial charge in [0.1, 0.15) is 11.5 Å². The topological polar surface area (TPSA) is 103 Å². The molecule has 8 nitrogen and oxygen atoms in total. The minimum Gasteiger partial charge on any atom is -0.457 e. The van der Waals surface area contributed by atoms with Crippen LogP contribution in [-0.4, -0.2) is 18.2 Å². The smallest absolute Gasteiger partial charge is 0.379 e. The van der Waals surface area contributed by atoms with Crippen molar-refractivity contribution in [2.45, 2.75) is 0 Å². The summed E-state index contributed by atoms with van der Waals surface area (Å²) in [6.45, 7) is 0. The summed E-state index contributed by atoms with van der Waals surface area (Å²) in [6, 6.07) is 24.6. The molecule has 0 aliphatic carbocycles. The number of rotatable bonds is 7. The lowest BCUT2D eigenvalue weighted by Gasteiger charge is -2.09. The van der Waals surface area contributed by atoms with Gasteiger partial charge in [-0.2, -0.15) is 5.10 Å². The molecular weight excluding hydrogens is 448 g/mol. The summed E-state index contributed by atoms with van der Waals surface area (Å²) in [5.74, 6) is -1.03. The predicted octanol–water partition coefficient (Wildman–Crippen LogP) is 5.91. The van der Waals surface area contributed by atoms with E-state index in [0.29, 0.717) is 5.56 Å². The molecule has 5 aromatic rings. The zero-order valence-electron chi connectivity index (χ0n) is 18.2. The van der Waals surface area contributed by atoms with Crippen LogP contribution in [0.25, 0.3) is 10.8 Å². The molecule has 0 spiro atoms. The Kier molecular flexibility index (Phi) is 6.08. The molecular formula is C27H18N2O6. The number of nitrogens with one attached hydrogen (secondary N) is 1. The SMILES string of the molecule is O=C(Oc1ccc(C=NNc2ccc3ccccc3c2)c(OC(=O)c2ccco2)c1)c1ccco1. The number of ether oxygens (including phenoxy) is 2. The van der Waals surface area contributed by atoms with E-state index in [0.717, 1.165) is 16.5 Å². The van der Waals surface area contributed by atoms with Crippen molar-refractivity contribution in [3.63, 3.8) is 0 Å². The van der Waals surface area contributed by atoms with Crippen LogP contribution in [-0.2, 0) is 0 Å². The summed E-state index contributed by atoms with van der Waals surface area (Å²) in [7, 11) is 0. The Morgan fingerprint density at radius 3 is 2.17 bits per heavy atom. The molecule has 2 aromatic heterocycles. The van der Waals surface area contributed by atoms with Crippen LogP contribution >= 0.6 is 0 Å². The lowest BCUT2D eigenvalue weighted by molar-refractivity contribution is 0.0698. The van der Waals surface area contributed by atoms with Crippen molar-refractivity contribution >= 4 is 34.6 Å². The first kappa shape index (κ1) is 21.7. The molecule has 2 heterocycles. The largest absolute Gasteiger partial charge is 0.457 e. The third-order valence-electron chi connectivity index (χ3n) is 4.99. The van der Waals surface area contributed by atoms with Gasteiger partial charge >= 0.3 is 11.9 Å². The number of hydrazone groups is 1. The van der Waals surface area contributed by atoms with Gasteiger partial charge < -0.3 is 18.3 Å². The monoisotopic (exact) mass is 466 g/mol. The Morgan fingerprint density at radius 1 is 0.743 bits per heavy atom. The summed E-state index contributed by atoms with van der Waals surface area (Å²) in [6.07, 6.45) is 4.24. The summed E-state index contributed by atoms with van der Waals surface area (Å²) in [5, 5.41) is 6.46. The lowest BCUT2D eigenvalue weighted by atomic mass is 10.1. The van der Waals surface area contributed by atoms with Gasteiger partial charge in [-0.05, 0) is 59.3 Å². The van der Waals surface area contributed by atoms with Gasteiger partial charge in [0.05, 0.1) is 24.4 Å². The second-order valence-electron chi connectivity index (χ2n) is 7.37. The molecule has 0 amide bonds. The van der Waals surface area contributed by atoms with Gasteiger partial charge in [-0.3, -0.25) is 5.43 Å². The van der Waals surface area contributed by atoms with Crippen LogP contribution in [0.15, 0.2) is 111 Å². The zero-order chi connectivity index (χ0) is 24.0. The molecule has 3 aromatic carbocycles. The molecule has 0 bridgehead atoms. The van der Waals surface area contributed by atoms with Gasteiger partial charge in [0, 0.05) is 11.6 Å². The lowest BCUT2D eigenvalue weighted by Crippen LogP contribution is -2.10. The van der Waals surface area contributed by atoms with E-state index in [1.807, 2.05) is 42.5 Å². The molecule has 0 saturated heterocycles. The quantitative estimate of drug-likeness (QED) is 0.138. The average Bonchev–Trinajstić information content (AvgIpc) is 3.60. The highest BCUT2D eigenvalue weighted by Crippen LogP contribution is 2.26. The fraction of sp³-hybridized carbons (Fsp3) is 0. The van der Waals surface area contributed by atoms with Crippen molar-refractivity contribution in [3.8, 4) is 11.5 Å². The second kappa shape index (κ2) is 9.80. The van der Waals surface area contributed by atoms with Crippen molar-refractivity contribution in [1.29, 1.82) is 0 Å². The Labute approximate surface area is 199 Å². The van der Waals surface area contributed by atoms with E-state index in [9.17, 15) is 9.59 Å². The van der Waals surface area contributed by atoms with Gasteiger partial charge in [0.15, 0.2) is 0 Å². The first-order valence-electron chi connectivity index (χ1n) is 10.6. The van der Waals surface area contributed by atoms with E-state index in [1.165, 1.54) is 36.9 Å². The van der Waals surface area contributed by atoms with Crippen LogP contribution in [0.2, 0.25) is 0 Å². The molecule has 0 radical (unpaired) electrons. The molecule has 0 saturated carbocycles. The van der Waals surface area contributed by atoms with Crippen molar-refractivity contribution in [3.05, 3.63) is 115 Å². The van der Waals surface area contributed by atoms with E-state index in [1.54, 1.807) is 24.3 Å². The van der Waals surface area contributed by atoms with Crippen molar-refractivity contribution < 1.29 is 27.9 Å². The Balaban J connectivity index is 1.38. The normalized spacial score (nSPS) is 11.0. The molecule has 0 unspecified atom stereocenters. The molecule has 1 N–H and O–H groups in total. The maximum atomic E-state index is 12.5. The fourth-order valence-corrected chi connectivity index (χ4v) is 3.31. The number of esters is 2. The number of nitrogens with zero attached hydrogens (tertiary/aromatic N) is 1. The maximum Gasteiger partial charge on any atom is 0.379 e. The summed E-state index contributed by atoms with van der Waals surface area (Å²) >= 11 is 0. The molecule has 0 aliphatic rings.